The zero-order valence-corrected chi connectivity index (χ0v) is 13.6. The van der Waals surface area contributed by atoms with Crippen LogP contribution in [-0.2, 0) is 6.54 Å². The normalized spacial score (nSPS) is 10.4. The number of ether oxygens (including phenoxy) is 1. The van der Waals surface area contributed by atoms with E-state index >= 15 is 0 Å². The molecule has 1 amide bonds. The van der Waals surface area contributed by atoms with Crippen LogP contribution in [0.25, 0.3) is 11.4 Å². The van der Waals surface area contributed by atoms with Gasteiger partial charge in [-0.3, -0.25) is 4.79 Å². The van der Waals surface area contributed by atoms with Crippen LogP contribution in [0.3, 0.4) is 0 Å². The molecule has 2 aromatic carbocycles. The Labute approximate surface area is 143 Å². The standard InChI is InChI=1S/C17H14ClN3O3/c1-23-14-7-5-11(6-8-14)17(22)19-10-15-20-16(21-24-15)12-3-2-4-13(18)9-12/h2-9H,10H2,1H3,(H,19,22). The highest BCUT2D eigenvalue weighted by Crippen LogP contribution is 2.20. The maximum atomic E-state index is 12.1. The number of aromatic nitrogens is 2. The van der Waals surface area contributed by atoms with Gasteiger partial charge in [0.15, 0.2) is 0 Å². The molecule has 0 atom stereocenters. The Morgan fingerprint density at radius 2 is 2.04 bits per heavy atom. The average Bonchev–Trinajstić information content (AvgIpc) is 3.09. The van der Waals surface area contributed by atoms with Gasteiger partial charge in [-0.05, 0) is 36.4 Å². The summed E-state index contributed by atoms with van der Waals surface area (Å²) in [6.07, 6.45) is 0. The van der Waals surface area contributed by atoms with Crippen LogP contribution in [-0.4, -0.2) is 23.2 Å². The van der Waals surface area contributed by atoms with Gasteiger partial charge in [0.25, 0.3) is 5.91 Å². The SMILES string of the molecule is COc1ccc(C(=O)NCc2nc(-c3cccc(Cl)c3)no2)cc1. The van der Waals surface area contributed by atoms with Crippen molar-refractivity contribution in [3.63, 3.8) is 0 Å². The van der Waals surface area contributed by atoms with Crippen LogP contribution in [0.15, 0.2) is 53.1 Å². The summed E-state index contributed by atoms with van der Waals surface area (Å²) in [5, 5.41) is 7.20. The van der Waals surface area contributed by atoms with Gasteiger partial charge in [-0.15, -0.1) is 0 Å². The lowest BCUT2D eigenvalue weighted by Gasteiger charge is -2.03. The number of methoxy groups -OCH3 is 1. The number of hydrogen-bond donors (Lipinski definition) is 1. The van der Waals surface area contributed by atoms with Crippen molar-refractivity contribution in [2.45, 2.75) is 6.54 Å². The van der Waals surface area contributed by atoms with E-state index in [1.165, 1.54) is 0 Å². The Morgan fingerprint density at radius 3 is 2.75 bits per heavy atom. The molecule has 0 saturated heterocycles. The lowest BCUT2D eigenvalue weighted by molar-refractivity contribution is 0.0946. The summed E-state index contributed by atoms with van der Waals surface area (Å²) in [7, 11) is 1.57. The van der Waals surface area contributed by atoms with Gasteiger partial charge in [-0.25, -0.2) is 0 Å². The third-order valence-corrected chi connectivity index (χ3v) is 3.54. The predicted molar refractivity (Wildman–Crippen MR) is 88.9 cm³/mol. The van der Waals surface area contributed by atoms with Crippen molar-refractivity contribution in [3.8, 4) is 17.1 Å². The molecule has 122 valence electrons. The van der Waals surface area contributed by atoms with E-state index in [2.05, 4.69) is 15.5 Å². The molecule has 0 aliphatic rings. The zero-order chi connectivity index (χ0) is 16.9. The van der Waals surface area contributed by atoms with Crippen molar-refractivity contribution >= 4 is 17.5 Å². The van der Waals surface area contributed by atoms with E-state index in [1.54, 1.807) is 49.6 Å². The van der Waals surface area contributed by atoms with Crippen LogP contribution in [0, 0.1) is 0 Å². The van der Waals surface area contributed by atoms with E-state index in [4.69, 9.17) is 20.9 Å². The highest BCUT2D eigenvalue weighted by molar-refractivity contribution is 6.30. The smallest absolute Gasteiger partial charge is 0.251 e. The molecule has 1 heterocycles. The summed E-state index contributed by atoms with van der Waals surface area (Å²) >= 11 is 5.94. The number of benzene rings is 2. The summed E-state index contributed by atoms with van der Waals surface area (Å²) < 4.78 is 10.2. The average molecular weight is 344 g/mol. The number of hydrogen-bond acceptors (Lipinski definition) is 5. The molecule has 0 spiro atoms. The molecule has 0 aliphatic heterocycles. The van der Waals surface area contributed by atoms with Gasteiger partial charge in [-0.2, -0.15) is 4.98 Å². The monoisotopic (exact) mass is 343 g/mol. The first-order valence-corrected chi connectivity index (χ1v) is 7.54. The first-order chi connectivity index (χ1) is 11.7. The maximum absolute atomic E-state index is 12.1. The van der Waals surface area contributed by atoms with Gasteiger partial charge in [0, 0.05) is 16.1 Å². The van der Waals surface area contributed by atoms with E-state index in [0.29, 0.717) is 28.1 Å². The molecule has 0 radical (unpaired) electrons. The molecular weight excluding hydrogens is 330 g/mol. The highest BCUT2D eigenvalue weighted by Gasteiger charge is 2.11. The molecule has 0 unspecified atom stereocenters. The quantitative estimate of drug-likeness (QED) is 0.768. The van der Waals surface area contributed by atoms with Crippen LogP contribution >= 0.6 is 11.6 Å². The van der Waals surface area contributed by atoms with Crippen LogP contribution in [0.2, 0.25) is 5.02 Å². The number of carbonyl (C=O) groups is 1. The zero-order valence-electron chi connectivity index (χ0n) is 12.8. The first kappa shape index (κ1) is 16.0. The summed E-state index contributed by atoms with van der Waals surface area (Å²) in [6, 6.07) is 13.9. The molecule has 6 nitrogen and oxygen atoms in total. The van der Waals surface area contributed by atoms with Gasteiger partial charge in [0.05, 0.1) is 13.7 Å². The van der Waals surface area contributed by atoms with Crippen LogP contribution < -0.4 is 10.1 Å². The second-order valence-corrected chi connectivity index (χ2v) is 5.37. The van der Waals surface area contributed by atoms with Gasteiger partial charge in [-0.1, -0.05) is 28.9 Å². The minimum absolute atomic E-state index is 0.137. The number of carbonyl (C=O) groups excluding carboxylic acids is 1. The maximum Gasteiger partial charge on any atom is 0.251 e. The second-order valence-electron chi connectivity index (χ2n) is 4.93. The highest BCUT2D eigenvalue weighted by atomic mass is 35.5. The molecule has 0 aliphatic carbocycles. The van der Waals surface area contributed by atoms with Crippen molar-refractivity contribution in [1.29, 1.82) is 0 Å². The fourth-order valence-corrected chi connectivity index (χ4v) is 2.26. The number of amides is 1. The van der Waals surface area contributed by atoms with Crippen molar-refractivity contribution in [3.05, 3.63) is 65.0 Å². The largest absolute Gasteiger partial charge is 0.497 e. The number of nitrogens with one attached hydrogen (secondary N) is 1. The minimum atomic E-state index is -0.236. The molecule has 0 bridgehead atoms. The van der Waals surface area contributed by atoms with Crippen LogP contribution in [0.1, 0.15) is 16.2 Å². The summed E-state index contributed by atoms with van der Waals surface area (Å²) in [6.45, 7) is 0.137. The fraction of sp³-hybridized carbons (Fsp3) is 0.118. The Kier molecular flexibility index (Phi) is 4.77. The Bertz CT molecular complexity index is 846. The molecule has 0 saturated carbocycles. The van der Waals surface area contributed by atoms with Crippen molar-refractivity contribution < 1.29 is 14.1 Å². The van der Waals surface area contributed by atoms with Crippen molar-refractivity contribution in [1.82, 2.24) is 15.5 Å². The summed E-state index contributed by atoms with van der Waals surface area (Å²) in [4.78, 5) is 16.3. The van der Waals surface area contributed by atoms with Crippen molar-refractivity contribution in [2.24, 2.45) is 0 Å². The fourth-order valence-electron chi connectivity index (χ4n) is 2.07. The van der Waals surface area contributed by atoms with E-state index < -0.39 is 0 Å². The number of halogens is 1. The van der Waals surface area contributed by atoms with Crippen LogP contribution in [0.5, 0.6) is 5.75 Å². The first-order valence-electron chi connectivity index (χ1n) is 7.16. The summed E-state index contributed by atoms with van der Waals surface area (Å²) in [5.41, 5.74) is 1.27. The minimum Gasteiger partial charge on any atom is -0.497 e. The molecule has 24 heavy (non-hydrogen) atoms. The Hall–Kier alpha value is -2.86. The van der Waals surface area contributed by atoms with E-state index in [1.807, 2.05) is 6.07 Å². The van der Waals surface area contributed by atoms with Gasteiger partial charge < -0.3 is 14.6 Å². The predicted octanol–water partition coefficient (Wildman–Crippen LogP) is 3.33. The summed E-state index contributed by atoms with van der Waals surface area (Å²) in [5.74, 6) is 1.19. The molecule has 1 aromatic heterocycles. The van der Waals surface area contributed by atoms with E-state index in [9.17, 15) is 4.79 Å². The topological polar surface area (TPSA) is 77.2 Å². The van der Waals surface area contributed by atoms with Gasteiger partial charge in [0.1, 0.15) is 5.75 Å². The van der Waals surface area contributed by atoms with Crippen LogP contribution in [0.4, 0.5) is 0 Å². The number of nitrogens with zero attached hydrogens (tertiary/aromatic N) is 2. The van der Waals surface area contributed by atoms with Crippen molar-refractivity contribution in [2.75, 3.05) is 7.11 Å². The van der Waals surface area contributed by atoms with Gasteiger partial charge in [0.2, 0.25) is 11.7 Å². The van der Waals surface area contributed by atoms with Gasteiger partial charge >= 0.3 is 0 Å². The molecule has 3 rings (SSSR count). The lowest BCUT2D eigenvalue weighted by Crippen LogP contribution is -2.22. The Morgan fingerprint density at radius 1 is 1.25 bits per heavy atom. The van der Waals surface area contributed by atoms with E-state index in [0.717, 1.165) is 5.56 Å². The molecule has 7 heteroatoms. The number of rotatable bonds is 5. The molecule has 1 N–H and O–H groups in total. The third-order valence-electron chi connectivity index (χ3n) is 3.30. The lowest BCUT2D eigenvalue weighted by atomic mass is 10.2. The van der Waals surface area contributed by atoms with E-state index in [-0.39, 0.29) is 12.5 Å². The molecule has 0 fully saturated rings. The molecular formula is C17H14ClN3O3. The molecule has 3 aromatic rings. The third kappa shape index (κ3) is 3.72. The second kappa shape index (κ2) is 7.14. The Balaban J connectivity index is 1.63.